The Bertz CT molecular complexity index is 1310. The fourth-order valence-electron chi connectivity index (χ4n) is 3.43. The van der Waals surface area contributed by atoms with Crippen LogP contribution in [-0.4, -0.2) is 21.5 Å². The Labute approximate surface area is 189 Å². The van der Waals surface area contributed by atoms with Crippen molar-refractivity contribution in [2.75, 3.05) is 5.32 Å². The highest BCUT2D eigenvalue weighted by Gasteiger charge is 2.19. The van der Waals surface area contributed by atoms with Crippen LogP contribution in [0, 0.1) is 0 Å². The zero-order valence-corrected chi connectivity index (χ0v) is 17.9. The summed E-state index contributed by atoms with van der Waals surface area (Å²) in [6.07, 6.45) is 0. The van der Waals surface area contributed by atoms with E-state index in [2.05, 4.69) is 15.8 Å². The molecule has 4 rings (SSSR count). The largest absolute Gasteiger partial charge is 0.442 e. The van der Waals surface area contributed by atoms with Crippen molar-refractivity contribution in [2.24, 2.45) is 0 Å². The molecule has 0 aliphatic rings. The Balaban J connectivity index is 1.50. The van der Waals surface area contributed by atoms with Crippen LogP contribution < -0.4 is 16.4 Å². The van der Waals surface area contributed by atoms with Gasteiger partial charge in [0, 0.05) is 5.56 Å². The molecule has 0 saturated heterocycles. The maximum absolute atomic E-state index is 12.9. The average molecular weight is 442 g/mol. The molecule has 2 N–H and O–H groups in total. The molecule has 0 aliphatic heterocycles. The molecule has 2 amide bonds. The van der Waals surface area contributed by atoms with Gasteiger partial charge in [-0.3, -0.25) is 14.1 Å². The molecule has 1 heterocycles. The zero-order chi connectivity index (χ0) is 23.2. The second kappa shape index (κ2) is 9.78. The van der Waals surface area contributed by atoms with E-state index in [9.17, 15) is 14.4 Å². The lowest BCUT2D eigenvalue weighted by molar-refractivity contribution is -0.116. The van der Waals surface area contributed by atoms with Crippen LogP contribution in [0.15, 0.2) is 94.2 Å². The first-order valence-corrected chi connectivity index (χ1v) is 10.4. The van der Waals surface area contributed by atoms with Gasteiger partial charge in [0.25, 0.3) is 5.91 Å². The van der Waals surface area contributed by atoms with Crippen LogP contribution in [0.1, 0.15) is 28.9 Å². The second-order valence-corrected chi connectivity index (χ2v) is 7.42. The SMILES string of the molecule is CC(NC(=O)c1ccccc1NC(=O)Cn1c(-c2ccccc2)noc1=O)c1ccccc1. The fraction of sp³-hybridized carbons (Fsp3) is 0.120. The summed E-state index contributed by atoms with van der Waals surface area (Å²) in [4.78, 5) is 37.8. The molecule has 0 radical (unpaired) electrons. The summed E-state index contributed by atoms with van der Waals surface area (Å²) in [7, 11) is 0. The Morgan fingerprint density at radius 2 is 1.58 bits per heavy atom. The number of aromatic nitrogens is 2. The number of para-hydroxylation sites is 1. The van der Waals surface area contributed by atoms with E-state index in [0.29, 0.717) is 16.8 Å². The van der Waals surface area contributed by atoms with Crippen molar-refractivity contribution in [1.29, 1.82) is 0 Å². The van der Waals surface area contributed by atoms with Crippen LogP contribution in [0.3, 0.4) is 0 Å². The van der Waals surface area contributed by atoms with E-state index in [1.54, 1.807) is 48.5 Å². The molecular weight excluding hydrogens is 420 g/mol. The minimum absolute atomic E-state index is 0.216. The van der Waals surface area contributed by atoms with Crippen LogP contribution in [0.25, 0.3) is 11.4 Å². The summed E-state index contributed by atoms with van der Waals surface area (Å²) >= 11 is 0. The van der Waals surface area contributed by atoms with Crippen molar-refractivity contribution in [2.45, 2.75) is 19.5 Å². The predicted octanol–water partition coefficient (Wildman–Crippen LogP) is 3.63. The monoisotopic (exact) mass is 442 g/mol. The van der Waals surface area contributed by atoms with Gasteiger partial charge in [-0.15, -0.1) is 0 Å². The number of rotatable bonds is 7. The molecule has 8 nitrogen and oxygen atoms in total. The maximum atomic E-state index is 12.9. The highest BCUT2D eigenvalue weighted by molar-refractivity contribution is 6.03. The molecular formula is C25H22N4O4. The van der Waals surface area contributed by atoms with E-state index >= 15 is 0 Å². The average Bonchev–Trinajstić information content (AvgIpc) is 3.20. The summed E-state index contributed by atoms with van der Waals surface area (Å²) in [6.45, 7) is 1.57. The zero-order valence-electron chi connectivity index (χ0n) is 17.9. The summed E-state index contributed by atoms with van der Waals surface area (Å²) in [5.41, 5.74) is 2.26. The highest BCUT2D eigenvalue weighted by atomic mass is 16.5. The van der Waals surface area contributed by atoms with Gasteiger partial charge in [-0.05, 0) is 24.6 Å². The minimum atomic E-state index is -0.744. The normalized spacial score (nSPS) is 11.5. The lowest BCUT2D eigenvalue weighted by Crippen LogP contribution is -2.29. The van der Waals surface area contributed by atoms with E-state index in [1.165, 1.54) is 0 Å². The quantitative estimate of drug-likeness (QED) is 0.455. The van der Waals surface area contributed by atoms with Gasteiger partial charge < -0.3 is 10.6 Å². The molecule has 0 aliphatic carbocycles. The molecule has 3 aromatic carbocycles. The van der Waals surface area contributed by atoms with Crippen LogP contribution in [0.5, 0.6) is 0 Å². The summed E-state index contributed by atoms with van der Waals surface area (Å²) in [6, 6.07) is 25.0. The first kappa shape index (κ1) is 21.8. The number of carbonyl (C=O) groups excluding carboxylic acids is 2. The van der Waals surface area contributed by atoms with Crippen molar-refractivity contribution < 1.29 is 14.1 Å². The molecule has 0 saturated carbocycles. The van der Waals surface area contributed by atoms with Crippen molar-refractivity contribution in [3.05, 3.63) is 107 Å². The standard InChI is InChI=1S/C25H22N4O4/c1-17(18-10-4-2-5-11-18)26-24(31)20-14-8-9-15-21(20)27-22(30)16-29-23(28-33-25(29)32)19-12-6-3-7-13-19/h2-15,17H,16H2,1H3,(H,26,31)(H,27,30). The predicted molar refractivity (Wildman–Crippen MR) is 124 cm³/mol. The van der Waals surface area contributed by atoms with Crippen molar-refractivity contribution in [1.82, 2.24) is 15.0 Å². The van der Waals surface area contributed by atoms with Crippen molar-refractivity contribution in [3.8, 4) is 11.4 Å². The van der Waals surface area contributed by atoms with Gasteiger partial charge in [0.2, 0.25) is 5.91 Å². The van der Waals surface area contributed by atoms with Gasteiger partial charge in [0.1, 0.15) is 6.54 Å². The van der Waals surface area contributed by atoms with Crippen molar-refractivity contribution in [3.63, 3.8) is 0 Å². The van der Waals surface area contributed by atoms with Crippen LogP contribution >= 0.6 is 0 Å². The Morgan fingerprint density at radius 1 is 0.939 bits per heavy atom. The molecule has 8 heteroatoms. The number of anilines is 1. The highest BCUT2D eigenvalue weighted by Crippen LogP contribution is 2.19. The lowest BCUT2D eigenvalue weighted by atomic mass is 10.1. The molecule has 0 spiro atoms. The topological polar surface area (TPSA) is 106 Å². The van der Waals surface area contributed by atoms with Gasteiger partial charge in [0.15, 0.2) is 5.82 Å². The number of nitrogens with one attached hydrogen (secondary N) is 2. The van der Waals surface area contributed by atoms with E-state index < -0.39 is 11.7 Å². The maximum Gasteiger partial charge on any atom is 0.442 e. The smallest absolute Gasteiger partial charge is 0.345 e. The Hall–Kier alpha value is -4.46. The van der Waals surface area contributed by atoms with Gasteiger partial charge in [-0.25, -0.2) is 9.36 Å². The van der Waals surface area contributed by atoms with Crippen molar-refractivity contribution >= 4 is 17.5 Å². The molecule has 166 valence electrons. The number of carbonyl (C=O) groups is 2. The van der Waals surface area contributed by atoms with E-state index in [0.717, 1.165) is 10.1 Å². The number of hydrogen-bond acceptors (Lipinski definition) is 5. The number of hydrogen-bond donors (Lipinski definition) is 2. The van der Waals surface area contributed by atoms with E-state index in [1.807, 2.05) is 43.3 Å². The lowest BCUT2D eigenvalue weighted by Gasteiger charge is -2.16. The third kappa shape index (κ3) is 5.07. The second-order valence-electron chi connectivity index (χ2n) is 7.42. The van der Waals surface area contributed by atoms with E-state index in [4.69, 9.17) is 4.52 Å². The first-order valence-electron chi connectivity index (χ1n) is 10.4. The molecule has 33 heavy (non-hydrogen) atoms. The third-order valence-corrected chi connectivity index (χ3v) is 5.11. The molecule has 1 unspecified atom stereocenters. The molecule has 0 fully saturated rings. The Morgan fingerprint density at radius 3 is 2.30 bits per heavy atom. The summed E-state index contributed by atoms with van der Waals surface area (Å²) in [5.74, 6) is -1.31. The molecule has 1 aromatic heterocycles. The molecule has 0 bridgehead atoms. The van der Waals surface area contributed by atoms with Gasteiger partial charge in [0.05, 0.1) is 17.3 Å². The first-order chi connectivity index (χ1) is 16.0. The number of amides is 2. The number of nitrogens with zero attached hydrogens (tertiary/aromatic N) is 2. The van der Waals surface area contributed by atoms with Crippen LogP contribution in [-0.2, 0) is 11.3 Å². The summed E-state index contributed by atoms with van der Waals surface area (Å²) < 4.78 is 5.91. The Kier molecular flexibility index (Phi) is 6.45. The minimum Gasteiger partial charge on any atom is -0.345 e. The van der Waals surface area contributed by atoms with Gasteiger partial charge >= 0.3 is 5.76 Å². The molecule has 4 aromatic rings. The fourth-order valence-corrected chi connectivity index (χ4v) is 3.43. The van der Waals surface area contributed by atoms with Crippen LogP contribution in [0.4, 0.5) is 5.69 Å². The summed E-state index contributed by atoms with van der Waals surface area (Å²) in [5, 5.41) is 9.45. The third-order valence-electron chi connectivity index (χ3n) is 5.11. The molecule has 1 atom stereocenters. The van der Waals surface area contributed by atoms with Gasteiger partial charge in [-0.2, -0.15) is 0 Å². The van der Waals surface area contributed by atoms with Crippen LogP contribution in [0.2, 0.25) is 0 Å². The number of benzene rings is 3. The van der Waals surface area contributed by atoms with Gasteiger partial charge in [-0.1, -0.05) is 78.0 Å². The van der Waals surface area contributed by atoms with E-state index in [-0.39, 0.29) is 24.3 Å².